The Labute approximate surface area is 134 Å². The molecule has 2 aliphatic heterocycles. The van der Waals surface area contributed by atoms with E-state index in [4.69, 9.17) is 0 Å². The number of piperidine rings is 1. The molecule has 4 nitrogen and oxygen atoms in total. The monoisotopic (exact) mass is 313 g/mol. The molecule has 0 spiro atoms. The first kappa shape index (κ1) is 14.4. The Balaban J connectivity index is 1.58. The van der Waals surface area contributed by atoms with E-state index in [0.717, 1.165) is 50.1 Å². The van der Waals surface area contributed by atoms with Crippen molar-refractivity contribution in [1.82, 2.24) is 9.88 Å². The highest BCUT2D eigenvalue weighted by Crippen LogP contribution is 2.26. The van der Waals surface area contributed by atoms with Crippen LogP contribution in [0.25, 0.3) is 10.9 Å². The summed E-state index contributed by atoms with van der Waals surface area (Å²) in [5.41, 5.74) is 0.682. The lowest BCUT2D eigenvalue weighted by Crippen LogP contribution is -2.48. The van der Waals surface area contributed by atoms with Gasteiger partial charge in [-0.15, -0.1) is 0 Å². The van der Waals surface area contributed by atoms with E-state index in [9.17, 15) is 9.18 Å². The van der Waals surface area contributed by atoms with Crippen LogP contribution in [-0.2, 0) is 4.79 Å². The van der Waals surface area contributed by atoms with E-state index < -0.39 is 0 Å². The minimum Gasteiger partial charge on any atom is -0.355 e. The summed E-state index contributed by atoms with van der Waals surface area (Å²) in [6.07, 6.45) is 3.77. The lowest BCUT2D eigenvalue weighted by atomic mass is 10.0. The first-order chi connectivity index (χ1) is 11.2. The summed E-state index contributed by atoms with van der Waals surface area (Å²) < 4.78 is 13.4. The quantitative estimate of drug-likeness (QED) is 0.855. The molecule has 2 fully saturated rings. The Morgan fingerprint density at radius 2 is 2.00 bits per heavy atom. The van der Waals surface area contributed by atoms with Gasteiger partial charge >= 0.3 is 0 Å². The number of halogens is 1. The Morgan fingerprint density at radius 1 is 1.13 bits per heavy atom. The molecule has 1 aromatic heterocycles. The topological polar surface area (TPSA) is 36.4 Å². The summed E-state index contributed by atoms with van der Waals surface area (Å²) in [5.74, 6) is 0.895. The van der Waals surface area contributed by atoms with Crippen molar-refractivity contribution >= 4 is 22.6 Å². The lowest BCUT2D eigenvalue weighted by molar-refractivity contribution is -0.129. The lowest BCUT2D eigenvalue weighted by Gasteiger charge is -2.38. The van der Waals surface area contributed by atoms with E-state index in [1.807, 2.05) is 17.0 Å². The van der Waals surface area contributed by atoms with Gasteiger partial charge in [0.2, 0.25) is 5.91 Å². The van der Waals surface area contributed by atoms with Crippen LogP contribution >= 0.6 is 0 Å². The van der Waals surface area contributed by atoms with Crippen molar-refractivity contribution in [3.8, 4) is 0 Å². The van der Waals surface area contributed by atoms with Crippen LogP contribution in [0.3, 0.4) is 0 Å². The molecular formula is C18H20FN3O. The van der Waals surface area contributed by atoms with Crippen LogP contribution in [0.5, 0.6) is 0 Å². The second kappa shape index (κ2) is 5.80. The fourth-order valence-electron chi connectivity index (χ4n) is 3.73. The van der Waals surface area contributed by atoms with Crippen LogP contribution in [0.15, 0.2) is 30.3 Å². The summed E-state index contributed by atoms with van der Waals surface area (Å²) in [6, 6.07) is 8.95. The summed E-state index contributed by atoms with van der Waals surface area (Å²) >= 11 is 0. The van der Waals surface area contributed by atoms with Crippen molar-refractivity contribution in [1.29, 1.82) is 0 Å². The van der Waals surface area contributed by atoms with E-state index in [1.165, 1.54) is 12.1 Å². The number of carbonyl (C=O) groups excluding carboxylic acids is 1. The average molecular weight is 313 g/mol. The minimum atomic E-state index is -0.263. The molecule has 0 N–H and O–H groups in total. The van der Waals surface area contributed by atoms with Crippen LogP contribution in [0.1, 0.15) is 25.7 Å². The maximum absolute atomic E-state index is 13.4. The van der Waals surface area contributed by atoms with E-state index in [1.54, 1.807) is 6.07 Å². The van der Waals surface area contributed by atoms with Gasteiger partial charge in [0.15, 0.2) is 0 Å². The van der Waals surface area contributed by atoms with Gasteiger partial charge in [0, 0.05) is 43.5 Å². The first-order valence-corrected chi connectivity index (χ1v) is 8.31. The second-order valence-electron chi connectivity index (χ2n) is 6.44. The predicted octanol–water partition coefficient (Wildman–Crippen LogP) is 2.97. The number of hydrogen-bond acceptors (Lipinski definition) is 3. The molecule has 1 atom stereocenters. The van der Waals surface area contributed by atoms with Crippen LogP contribution < -0.4 is 4.90 Å². The van der Waals surface area contributed by atoms with Gasteiger partial charge in [0.05, 0.1) is 5.52 Å². The predicted molar refractivity (Wildman–Crippen MR) is 87.9 cm³/mol. The number of hydrogen-bond donors (Lipinski definition) is 0. The molecule has 0 saturated carbocycles. The maximum atomic E-state index is 13.4. The number of benzene rings is 1. The highest BCUT2D eigenvalue weighted by molar-refractivity contribution is 5.80. The van der Waals surface area contributed by atoms with Crippen molar-refractivity contribution < 1.29 is 9.18 Å². The molecule has 0 unspecified atom stereocenters. The van der Waals surface area contributed by atoms with Crippen LogP contribution in [0.2, 0.25) is 0 Å². The smallest absolute Gasteiger partial charge is 0.222 e. The summed E-state index contributed by atoms with van der Waals surface area (Å²) in [7, 11) is 0. The number of pyridine rings is 1. The number of likely N-dealkylation sites (tertiary alicyclic amines) is 1. The Morgan fingerprint density at radius 3 is 2.83 bits per heavy atom. The van der Waals surface area contributed by atoms with Crippen molar-refractivity contribution in [3.05, 3.63) is 36.1 Å². The molecule has 4 rings (SSSR count). The molecule has 0 bridgehead atoms. The van der Waals surface area contributed by atoms with Gasteiger partial charge in [-0.3, -0.25) is 4.79 Å². The van der Waals surface area contributed by atoms with Gasteiger partial charge in [0.1, 0.15) is 11.6 Å². The Kier molecular flexibility index (Phi) is 3.63. The summed E-state index contributed by atoms with van der Waals surface area (Å²) in [6.45, 7) is 2.64. The highest BCUT2D eigenvalue weighted by atomic mass is 19.1. The molecule has 120 valence electrons. The van der Waals surface area contributed by atoms with Gasteiger partial charge in [-0.25, -0.2) is 9.37 Å². The zero-order chi connectivity index (χ0) is 15.8. The Bertz CT molecular complexity index is 748. The van der Waals surface area contributed by atoms with Crippen LogP contribution in [0, 0.1) is 5.82 Å². The number of amides is 1. The molecule has 2 saturated heterocycles. The molecule has 2 aromatic rings. The average Bonchev–Trinajstić information content (AvgIpc) is 3.00. The number of anilines is 1. The van der Waals surface area contributed by atoms with Gasteiger partial charge in [-0.05, 0) is 43.5 Å². The third-order valence-electron chi connectivity index (χ3n) is 4.91. The van der Waals surface area contributed by atoms with Crippen molar-refractivity contribution in [3.63, 3.8) is 0 Å². The van der Waals surface area contributed by atoms with Gasteiger partial charge in [0.25, 0.3) is 0 Å². The second-order valence-corrected chi connectivity index (χ2v) is 6.44. The highest BCUT2D eigenvalue weighted by Gasteiger charge is 2.31. The fourth-order valence-corrected chi connectivity index (χ4v) is 3.73. The summed E-state index contributed by atoms with van der Waals surface area (Å²) in [5, 5.41) is 0.943. The number of carbonyl (C=O) groups is 1. The van der Waals surface area contributed by atoms with Gasteiger partial charge in [-0.2, -0.15) is 0 Å². The number of aromatic nitrogens is 1. The molecule has 0 radical (unpaired) electrons. The van der Waals surface area contributed by atoms with Crippen LogP contribution in [-0.4, -0.2) is 41.5 Å². The zero-order valence-corrected chi connectivity index (χ0v) is 13.0. The van der Waals surface area contributed by atoms with E-state index >= 15 is 0 Å². The van der Waals surface area contributed by atoms with Crippen molar-refractivity contribution in [2.75, 3.05) is 24.5 Å². The molecule has 1 amide bonds. The third kappa shape index (κ3) is 2.76. The normalized spacial score (nSPS) is 22.1. The SMILES string of the molecule is O=C1CCCN1[C@H]1CCCN(c2ccc3ccc(F)cc3n2)C1. The molecule has 0 aliphatic carbocycles. The van der Waals surface area contributed by atoms with E-state index in [2.05, 4.69) is 9.88 Å². The fraction of sp³-hybridized carbons (Fsp3) is 0.444. The maximum Gasteiger partial charge on any atom is 0.222 e. The molecule has 3 heterocycles. The molecule has 5 heteroatoms. The standard InChI is InChI=1S/C18H20FN3O/c19-14-7-5-13-6-8-17(20-16(13)11-14)21-9-1-3-15(12-21)22-10-2-4-18(22)23/h5-8,11,15H,1-4,9-10,12H2/t15-/m0/s1. The molecule has 2 aliphatic rings. The molecule has 1 aromatic carbocycles. The largest absolute Gasteiger partial charge is 0.355 e. The zero-order valence-electron chi connectivity index (χ0n) is 13.0. The molecule has 23 heavy (non-hydrogen) atoms. The Hall–Kier alpha value is -2.17. The third-order valence-corrected chi connectivity index (χ3v) is 4.91. The summed E-state index contributed by atoms with van der Waals surface area (Å²) in [4.78, 5) is 20.9. The molecular weight excluding hydrogens is 293 g/mol. The number of rotatable bonds is 2. The van der Waals surface area contributed by atoms with E-state index in [0.29, 0.717) is 11.9 Å². The number of nitrogens with zero attached hydrogens (tertiary/aromatic N) is 3. The van der Waals surface area contributed by atoms with Crippen LogP contribution in [0.4, 0.5) is 10.2 Å². The number of fused-ring (bicyclic) bond motifs is 1. The van der Waals surface area contributed by atoms with Gasteiger partial charge < -0.3 is 9.80 Å². The van der Waals surface area contributed by atoms with Crippen molar-refractivity contribution in [2.24, 2.45) is 0 Å². The first-order valence-electron chi connectivity index (χ1n) is 8.31. The van der Waals surface area contributed by atoms with Gasteiger partial charge in [-0.1, -0.05) is 0 Å². The van der Waals surface area contributed by atoms with E-state index in [-0.39, 0.29) is 17.8 Å². The minimum absolute atomic E-state index is 0.263. The van der Waals surface area contributed by atoms with Crippen molar-refractivity contribution in [2.45, 2.75) is 31.7 Å².